The van der Waals surface area contributed by atoms with Gasteiger partial charge in [-0.25, -0.2) is 9.97 Å². The van der Waals surface area contributed by atoms with Crippen LogP contribution in [0.25, 0.3) is 28.1 Å². The topological polar surface area (TPSA) is 89.6 Å². The van der Waals surface area contributed by atoms with Gasteiger partial charge in [-0.05, 0) is 12.1 Å². The number of aromatic nitrogens is 6. The van der Waals surface area contributed by atoms with Crippen molar-refractivity contribution in [3.05, 3.63) is 35.9 Å². The van der Waals surface area contributed by atoms with Crippen LogP contribution in [-0.4, -0.2) is 111 Å². The molecular weight excluding hydrogens is 482 g/mol. The summed E-state index contributed by atoms with van der Waals surface area (Å²) >= 11 is 0. The summed E-state index contributed by atoms with van der Waals surface area (Å²) in [7, 11) is 2.08. The normalized spacial score (nSPS) is 20.0. The average molecular weight is 518 g/mol. The standard InChI is InChI=1S/C27H35N9O2/c1-3-22-28-20-6-4-5-7-21(20)36(22)27-30-25-24(26(31-27)35-12-14-37-15-13-35)29-23(32(25)2)16-33-8-10-34(11-9-33)19-17-38-18-19/h4-7,19H,3,8-18H2,1-2H3. The Bertz CT molecular complexity index is 1450. The second kappa shape index (κ2) is 9.88. The second-order valence-electron chi connectivity index (χ2n) is 10.4. The Labute approximate surface area is 222 Å². The van der Waals surface area contributed by atoms with Gasteiger partial charge in [0, 0.05) is 52.7 Å². The van der Waals surface area contributed by atoms with Crippen molar-refractivity contribution >= 4 is 28.0 Å². The van der Waals surface area contributed by atoms with Gasteiger partial charge >= 0.3 is 0 Å². The molecule has 0 spiro atoms. The van der Waals surface area contributed by atoms with E-state index in [1.807, 2.05) is 18.2 Å². The number of hydrogen-bond acceptors (Lipinski definition) is 9. The Morgan fingerprint density at radius 1 is 0.868 bits per heavy atom. The van der Waals surface area contributed by atoms with Gasteiger partial charge in [-0.1, -0.05) is 19.1 Å². The van der Waals surface area contributed by atoms with Crippen LogP contribution in [0.1, 0.15) is 18.6 Å². The molecule has 1 aromatic carbocycles. The van der Waals surface area contributed by atoms with Crippen molar-refractivity contribution in [1.29, 1.82) is 0 Å². The maximum Gasteiger partial charge on any atom is 0.239 e. The summed E-state index contributed by atoms with van der Waals surface area (Å²) in [5, 5.41) is 0. The molecule has 6 heterocycles. The SMILES string of the molecule is CCc1nc2ccccc2n1-c1nc(N2CCOCC2)c2nc(CN3CCN(C4COC4)CC3)n(C)c2n1. The van der Waals surface area contributed by atoms with Crippen molar-refractivity contribution in [3.8, 4) is 5.95 Å². The summed E-state index contributed by atoms with van der Waals surface area (Å²) in [6.45, 7) is 11.9. The molecule has 7 rings (SSSR count). The van der Waals surface area contributed by atoms with Crippen LogP contribution in [0.4, 0.5) is 5.82 Å². The molecule has 0 bridgehead atoms. The highest BCUT2D eigenvalue weighted by Gasteiger charge is 2.30. The van der Waals surface area contributed by atoms with Crippen molar-refractivity contribution in [3.63, 3.8) is 0 Å². The number of rotatable bonds is 6. The highest BCUT2D eigenvalue weighted by atomic mass is 16.5. The van der Waals surface area contributed by atoms with Gasteiger partial charge in [0.25, 0.3) is 0 Å². The molecule has 0 saturated carbocycles. The van der Waals surface area contributed by atoms with Gasteiger partial charge in [-0.15, -0.1) is 0 Å². The Hall–Kier alpha value is -3.12. The van der Waals surface area contributed by atoms with E-state index in [0.29, 0.717) is 25.2 Å². The molecule has 38 heavy (non-hydrogen) atoms. The van der Waals surface area contributed by atoms with Gasteiger partial charge in [0.2, 0.25) is 5.95 Å². The molecule has 11 heteroatoms. The summed E-state index contributed by atoms with van der Waals surface area (Å²) in [4.78, 5) is 27.6. The number of para-hydroxylation sites is 2. The number of piperazine rings is 1. The van der Waals surface area contributed by atoms with Crippen LogP contribution in [0.5, 0.6) is 0 Å². The number of morpholine rings is 1. The molecule has 0 radical (unpaired) electrons. The van der Waals surface area contributed by atoms with E-state index in [9.17, 15) is 0 Å². The number of fused-ring (bicyclic) bond motifs is 2. The lowest BCUT2D eigenvalue weighted by Gasteiger charge is -2.42. The summed E-state index contributed by atoms with van der Waals surface area (Å²) in [5.74, 6) is 3.50. The lowest BCUT2D eigenvalue weighted by molar-refractivity contribution is -0.0775. The van der Waals surface area contributed by atoms with Gasteiger partial charge in [0.15, 0.2) is 17.0 Å². The minimum atomic E-state index is 0.602. The van der Waals surface area contributed by atoms with Crippen molar-refractivity contribution in [2.24, 2.45) is 7.05 Å². The van der Waals surface area contributed by atoms with E-state index in [4.69, 9.17) is 29.4 Å². The molecular formula is C27H35N9O2. The summed E-state index contributed by atoms with van der Waals surface area (Å²) in [6.07, 6.45) is 0.790. The number of nitrogens with zero attached hydrogens (tertiary/aromatic N) is 9. The second-order valence-corrected chi connectivity index (χ2v) is 10.4. The highest BCUT2D eigenvalue weighted by molar-refractivity contribution is 5.86. The number of ether oxygens (including phenoxy) is 2. The maximum absolute atomic E-state index is 5.65. The van der Waals surface area contributed by atoms with E-state index in [1.165, 1.54) is 0 Å². The monoisotopic (exact) mass is 517 g/mol. The van der Waals surface area contributed by atoms with E-state index in [1.54, 1.807) is 0 Å². The Morgan fingerprint density at radius 2 is 1.66 bits per heavy atom. The fourth-order valence-electron chi connectivity index (χ4n) is 5.77. The first-order valence-corrected chi connectivity index (χ1v) is 13.8. The highest BCUT2D eigenvalue weighted by Crippen LogP contribution is 2.29. The van der Waals surface area contributed by atoms with Crippen LogP contribution in [0.3, 0.4) is 0 Å². The third-order valence-electron chi connectivity index (χ3n) is 8.15. The predicted molar refractivity (Wildman–Crippen MR) is 145 cm³/mol. The first kappa shape index (κ1) is 24.0. The molecule has 4 aromatic rings. The summed E-state index contributed by atoms with van der Waals surface area (Å²) < 4.78 is 15.3. The first-order chi connectivity index (χ1) is 18.7. The Balaban J connectivity index is 1.28. The number of benzene rings is 1. The fraction of sp³-hybridized carbons (Fsp3) is 0.556. The molecule has 0 aliphatic carbocycles. The molecule has 3 aliphatic heterocycles. The number of imidazole rings is 2. The third-order valence-corrected chi connectivity index (χ3v) is 8.15. The number of hydrogen-bond donors (Lipinski definition) is 0. The minimum absolute atomic E-state index is 0.602. The van der Waals surface area contributed by atoms with Crippen molar-refractivity contribution < 1.29 is 9.47 Å². The number of anilines is 1. The van der Waals surface area contributed by atoms with Crippen molar-refractivity contribution in [2.75, 3.05) is 70.6 Å². The lowest BCUT2D eigenvalue weighted by Crippen LogP contribution is -2.56. The van der Waals surface area contributed by atoms with E-state index in [2.05, 4.69) is 43.9 Å². The van der Waals surface area contributed by atoms with Gasteiger partial charge in [0.05, 0.1) is 50.0 Å². The quantitative estimate of drug-likeness (QED) is 0.378. The molecule has 0 N–H and O–H groups in total. The number of aryl methyl sites for hydroxylation is 2. The molecule has 3 aromatic heterocycles. The largest absolute Gasteiger partial charge is 0.378 e. The van der Waals surface area contributed by atoms with Crippen LogP contribution < -0.4 is 4.90 Å². The van der Waals surface area contributed by atoms with Gasteiger partial charge < -0.3 is 18.9 Å². The van der Waals surface area contributed by atoms with Crippen LogP contribution >= 0.6 is 0 Å². The van der Waals surface area contributed by atoms with Crippen molar-refractivity contribution in [1.82, 2.24) is 38.9 Å². The van der Waals surface area contributed by atoms with Crippen LogP contribution in [-0.2, 0) is 29.5 Å². The minimum Gasteiger partial charge on any atom is -0.378 e. The van der Waals surface area contributed by atoms with E-state index < -0.39 is 0 Å². The molecule has 3 saturated heterocycles. The van der Waals surface area contributed by atoms with Crippen LogP contribution in [0.15, 0.2) is 24.3 Å². The van der Waals surface area contributed by atoms with E-state index in [-0.39, 0.29) is 0 Å². The third kappa shape index (κ3) is 4.14. The zero-order chi connectivity index (χ0) is 25.6. The molecule has 200 valence electrons. The van der Waals surface area contributed by atoms with Gasteiger partial charge in [0.1, 0.15) is 11.6 Å². The Kier molecular flexibility index (Phi) is 6.23. The molecule has 0 unspecified atom stereocenters. The molecule has 0 atom stereocenters. The molecule has 0 amide bonds. The molecule has 3 fully saturated rings. The van der Waals surface area contributed by atoms with E-state index in [0.717, 1.165) is 105 Å². The smallest absolute Gasteiger partial charge is 0.239 e. The first-order valence-electron chi connectivity index (χ1n) is 13.8. The zero-order valence-electron chi connectivity index (χ0n) is 22.2. The predicted octanol–water partition coefficient (Wildman–Crippen LogP) is 1.62. The molecule has 11 nitrogen and oxygen atoms in total. The van der Waals surface area contributed by atoms with Crippen molar-refractivity contribution in [2.45, 2.75) is 25.9 Å². The lowest BCUT2D eigenvalue weighted by atomic mass is 10.2. The average Bonchev–Trinajstić information content (AvgIpc) is 3.46. The maximum atomic E-state index is 5.65. The van der Waals surface area contributed by atoms with Gasteiger partial charge in [-0.3, -0.25) is 14.4 Å². The molecule has 3 aliphatic rings. The summed E-state index contributed by atoms with van der Waals surface area (Å²) in [6, 6.07) is 8.81. The fourth-order valence-corrected chi connectivity index (χ4v) is 5.77. The van der Waals surface area contributed by atoms with Crippen LogP contribution in [0, 0.1) is 0 Å². The van der Waals surface area contributed by atoms with Gasteiger partial charge in [-0.2, -0.15) is 9.97 Å². The van der Waals surface area contributed by atoms with Crippen LogP contribution in [0.2, 0.25) is 0 Å². The van der Waals surface area contributed by atoms with E-state index >= 15 is 0 Å². The summed E-state index contributed by atoms with van der Waals surface area (Å²) in [5.41, 5.74) is 3.70. The Morgan fingerprint density at radius 3 is 2.39 bits per heavy atom. The zero-order valence-corrected chi connectivity index (χ0v) is 22.2.